The summed E-state index contributed by atoms with van der Waals surface area (Å²) in [5, 5.41) is 11.4. The molecular weight excluding hydrogens is 172 g/mol. The van der Waals surface area contributed by atoms with Crippen LogP contribution < -0.4 is 16.6 Å². The van der Waals surface area contributed by atoms with Crippen LogP contribution >= 0.6 is 0 Å². The quantitative estimate of drug-likeness (QED) is 0.456. The molecule has 0 amide bonds. The van der Waals surface area contributed by atoms with Crippen molar-refractivity contribution in [2.75, 3.05) is 18.5 Å². The largest absolute Gasteiger partial charge is 0.395 e. The van der Waals surface area contributed by atoms with Gasteiger partial charge >= 0.3 is 0 Å². The molecule has 0 saturated carbocycles. The molecule has 0 bridgehead atoms. The Labute approximate surface area is 74.8 Å². The highest BCUT2D eigenvalue weighted by molar-refractivity contribution is 5.31. The summed E-state index contributed by atoms with van der Waals surface area (Å²) < 4.78 is 0. The highest BCUT2D eigenvalue weighted by Gasteiger charge is 2.00. The molecule has 0 saturated heterocycles. The number of H-pyrrole nitrogens is 1. The fraction of sp³-hybridized carbons (Fsp3) is 0.429. The van der Waals surface area contributed by atoms with E-state index in [0.717, 1.165) is 0 Å². The maximum absolute atomic E-state index is 10.8. The van der Waals surface area contributed by atoms with Crippen molar-refractivity contribution in [3.8, 4) is 0 Å². The monoisotopic (exact) mass is 184 g/mol. The molecule has 1 heterocycles. The Kier molecular flexibility index (Phi) is 3.41. The van der Waals surface area contributed by atoms with E-state index in [9.17, 15) is 4.79 Å². The zero-order chi connectivity index (χ0) is 9.68. The third-order valence-electron chi connectivity index (χ3n) is 1.46. The molecule has 0 aliphatic carbocycles. The molecule has 0 aliphatic rings. The van der Waals surface area contributed by atoms with E-state index < -0.39 is 0 Å². The van der Waals surface area contributed by atoms with Gasteiger partial charge in [-0.25, -0.2) is 4.98 Å². The van der Waals surface area contributed by atoms with Crippen LogP contribution in [0.25, 0.3) is 0 Å². The Morgan fingerprint density at radius 2 is 2.54 bits per heavy atom. The number of aliphatic hydroxyl groups is 1. The van der Waals surface area contributed by atoms with Crippen LogP contribution in [0.15, 0.2) is 17.2 Å². The number of nitrogens with one attached hydrogen (secondary N) is 2. The van der Waals surface area contributed by atoms with Crippen LogP contribution in [0, 0.1) is 0 Å². The lowest BCUT2D eigenvalue weighted by Crippen LogP contribution is -2.32. The van der Waals surface area contributed by atoms with Crippen molar-refractivity contribution < 1.29 is 5.11 Å². The molecule has 5 N–H and O–H groups in total. The zero-order valence-corrected chi connectivity index (χ0v) is 7.03. The molecule has 1 aromatic rings. The standard InChI is InChI=1S/C7H12N4O2/c8-5(3-12)2-9-6-1-7(13)11-4-10-6/h1,4-5,12H,2-3,8H2,(H2,9,10,11,13). The number of hydrogen-bond donors (Lipinski definition) is 4. The summed E-state index contributed by atoms with van der Waals surface area (Å²) in [5.41, 5.74) is 5.21. The van der Waals surface area contributed by atoms with Gasteiger partial charge in [0.2, 0.25) is 0 Å². The van der Waals surface area contributed by atoms with Gasteiger partial charge in [0.05, 0.1) is 12.9 Å². The van der Waals surface area contributed by atoms with Gasteiger partial charge in [-0.05, 0) is 0 Å². The van der Waals surface area contributed by atoms with Crippen LogP contribution in [0.2, 0.25) is 0 Å². The van der Waals surface area contributed by atoms with Crippen LogP contribution in [0.1, 0.15) is 0 Å². The van der Waals surface area contributed by atoms with Gasteiger partial charge in [-0.2, -0.15) is 0 Å². The summed E-state index contributed by atoms with van der Waals surface area (Å²) in [4.78, 5) is 17.0. The molecule has 0 aromatic carbocycles. The smallest absolute Gasteiger partial charge is 0.252 e. The van der Waals surface area contributed by atoms with Crippen molar-refractivity contribution in [3.05, 3.63) is 22.7 Å². The van der Waals surface area contributed by atoms with Crippen LogP contribution in [-0.4, -0.2) is 34.3 Å². The van der Waals surface area contributed by atoms with E-state index in [1.807, 2.05) is 0 Å². The van der Waals surface area contributed by atoms with Crippen LogP contribution in [0.3, 0.4) is 0 Å². The van der Waals surface area contributed by atoms with Crippen molar-refractivity contribution in [2.45, 2.75) is 6.04 Å². The Hall–Kier alpha value is -1.40. The summed E-state index contributed by atoms with van der Waals surface area (Å²) in [5.74, 6) is 0.452. The molecule has 0 fully saturated rings. The molecule has 0 aliphatic heterocycles. The second-order valence-corrected chi connectivity index (χ2v) is 2.62. The number of aromatic amines is 1. The van der Waals surface area contributed by atoms with Crippen LogP contribution in [0.4, 0.5) is 5.82 Å². The predicted molar refractivity (Wildman–Crippen MR) is 48.4 cm³/mol. The third-order valence-corrected chi connectivity index (χ3v) is 1.46. The first kappa shape index (κ1) is 9.69. The Morgan fingerprint density at radius 3 is 3.15 bits per heavy atom. The number of nitrogens with two attached hydrogens (primary N) is 1. The molecule has 72 valence electrons. The van der Waals surface area contributed by atoms with Gasteiger partial charge in [0.25, 0.3) is 5.56 Å². The normalized spacial score (nSPS) is 12.5. The van der Waals surface area contributed by atoms with E-state index in [-0.39, 0.29) is 18.2 Å². The van der Waals surface area contributed by atoms with Gasteiger partial charge in [0, 0.05) is 18.7 Å². The highest BCUT2D eigenvalue weighted by atomic mass is 16.3. The maximum Gasteiger partial charge on any atom is 0.252 e. The lowest BCUT2D eigenvalue weighted by atomic mass is 10.3. The van der Waals surface area contributed by atoms with Crippen molar-refractivity contribution in [1.82, 2.24) is 9.97 Å². The number of nitrogens with zero attached hydrogens (tertiary/aromatic N) is 1. The Balaban J connectivity index is 2.50. The minimum Gasteiger partial charge on any atom is -0.395 e. The SMILES string of the molecule is NC(CO)CNc1cc(=O)[nH]cn1. The predicted octanol–water partition coefficient (Wildman–Crippen LogP) is -1.50. The molecular formula is C7H12N4O2. The lowest BCUT2D eigenvalue weighted by molar-refractivity contribution is 0.270. The van der Waals surface area contributed by atoms with Crippen molar-refractivity contribution in [2.24, 2.45) is 5.73 Å². The van der Waals surface area contributed by atoms with Gasteiger partial charge in [0.15, 0.2) is 0 Å². The molecule has 13 heavy (non-hydrogen) atoms. The summed E-state index contributed by atoms with van der Waals surface area (Å²) in [6.45, 7) is 0.281. The van der Waals surface area contributed by atoms with Crippen molar-refractivity contribution in [3.63, 3.8) is 0 Å². The first-order valence-corrected chi connectivity index (χ1v) is 3.87. The van der Waals surface area contributed by atoms with Gasteiger partial charge in [-0.3, -0.25) is 4.79 Å². The third kappa shape index (κ3) is 3.22. The van der Waals surface area contributed by atoms with E-state index in [0.29, 0.717) is 12.4 Å². The van der Waals surface area contributed by atoms with Gasteiger partial charge in [-0.15, -0.1) is 0 Å². The molecule has 6 nitrogen and oxygen atoms in total. The van der Waals surface area contributed by atoms with Gasteiger partial charge in [0.1, 0.15) is 5.82 Å². The lowest BCUT2D eigenvalue weighted by Gasteiger charge is -2.09. The average molecular weight is 184 g/mol. The van der Waals surface area contributed by atoms with E-state index in [1.165, 1.54) is 12.4 Å². The molecule has 1 unspecified atom stereocenters. The van der Waals surface area contributed by atoms with E-state index in [2.05, 4.69) is 15.3 Å². The summed E-state index contributed by atoms with van der Waals surface area (Å²) in [6.07, 6.45) is 1.30. The number of anilines is 1. The first-order chi connectivity index (χ1) is 6.22. The molecule has 1 atom stereocenters. The molecule has 1 aromatic heterocycles. The second kappa shape index (κ2) is 4.58. The molecule has 6 heteroatoms. The topological polar surface area (TPSA) is 104 Å². The van der Waals surface area contributed by atoms with Gasteiger partial charge in [-0.1, -0.05) is 0 Å². The first-order valence-electron chi connectivity index (χ1n) is 3.87. The summed E-state index contributed by atoms with van der Waals surface area (Å²) >= 11 is 0. The number of aromatic nitrogens is 2. The van der Waals surface area contributed by atoms with Gasteiger partial charge < -0.3 is 21.1 Å². The number of rotatable bonds is 4. The molecule has 0 spiro atoms. The van der Waals surface area contributed by atoms with Crippen LogP contribution in [-0.2, 0) is 0 Å². The van der Waals surface area contributed by atoms with Crippen molar-refractivity contribution in [1.29, 1.82) is 0 Å². The minimum absolute atomic E-state index is 0.101. The fourth-order valence-electron chi connectivity index (χ4n) is 0.765. The van der Waals surface area contributed by atoms with E-state index in [4.69, 9.17) is 10.8 Å². The molecule has 0 radical (unpaired) electrons. The summed E-state index contributed by atoms with van der Waals surface area (Å²) in [7, 11) is 0. The maximum atomic E-state index is 10.8. The van der Waals surface area contributed by atoms with Crippen LogP contribution in [0.5, 0.6) is 0 Å². The fourth-order valence-corrected chi connectivity index (χ4v) is 0.765. The second-order valence-electron chi connectivity index (χ2n) is 2.62. The Morgan fingerprint density at radius 1 is 1.77 bits per heavy atom. The molecule has 1 rings (SSSR count). The summed E-state index contributed by atoms with van der Waals surface area (Å²) in [6, 6.07) is 0.977. The Bertz CT molecular complexity index is 311. The number of hydrogen-bond acceptors (Lipinski definition) is 5. The van der Waals surface area contributed by atoms with E-state index >= 15 is 0 Å². The number of aliphatic hydroxyl groups excluding tert-OH is 1. The minimum atomic E-state index is -0.346. The zero-order valence-electron chi connectivity index (χ0n) is 7.03. The van der Waals surface area contributed by atoms with E-state index in [1.54, 1.807) is 0 Å². The van der Waals surface area contributed by atoms with Crippen molar-refractivity contribution >= 4 is 5.82 Å². The highest BCUT2D eigenvalue weighted by Crippen LogP contribution is 1.93. The average Bonchev–Trinajstić information content (AvgIpc) is 2.14.